The number of rotatable bonds is 3. The van der Waals surface area contributed by atoms with Crippen molar-refractivity contribution < 1.29 is 9.18 Å². The molecule has 4 nitrogen and oxygen atoms in total. The highest BCUT2D eigenvalue weighted by atomic mass is 19.1. The van der Waals surface area contributed by atoms with Crippen LogP contribution in [0.4, 0.5) is 10.1 Å². The molecule has 0 saturated heterocycles. The van der Waals surface area contributed by atoms with Crippen molar-refractivity contribution in [1.82, 2.24) is 10.3 Å². The number of amides is 1. The Morgan fingerprint density at radius 2 is 2.23 bits per heavy atom. The molecule has 0 spiro atoms. The van der Waals surface area contributed by atoms with Gasteiger partial charge in [0.25, 0.3) is 0 Å². The van der Waals surface area contributed by atoms with Crippen molar-refractivity contribution in [3.63, 3.8) is 0 Å². The Balaban J connectivity index is 1.72. The second kappa shape index (κ2) is 6.23. The van der Waals surface area contributed by atoms with Crippen LogP contribution in [0.25, 0.3) is 0 Å². The van der Waals surface area contributed by atoms with Gasteiger partial charge in [-0.3, -0.25) is 9.78 Å². The lowest BCUT2D eigenvalue weighted by Crippen LogP contribution is -2.25. The Morgan fingerprint density at radius 3 is 3.00 bits per heavy atom. The third-order valence-corrected chi connectivity index (χ3v) is 3.82. The van der Waals surface area contributed by atoms with Crippen molar-refractivity contribution in [3.8, 4) is 0 Å². The normalized spacial score (nSPS) is 13.5. The number of carbonyl (C=O) groups is 1. The van der Waals surface area contributed by atoms with E-state index in [1.54, 1.807) is 12.3 Å². The molecule has 0 saturated carbocycles. The zero-order valence-electron chi connectivity index (χ0n) is 12.4. The number of nitrogens with zero attached hydrogens (tertiary/aromatic N) is 1. The number of halogens is 1. The fourth-order valence-corrected chi connectivity index (χ4v) is 2.61. The highest BCUT2D eigenvalue weighted by molar-refractivity contribution is 5.92. The van der Waals surface area contributed by atoms with Crippen molar-refractivity contribution in [2.75, 3.05) is 11.9 Å². The van der Waals surface area contributed by atoms with Gasteiger partial charge in [0.1, 0.15) is 5.82 Å². The molecule has 1 aromatic carbocycles. The van der Waals surface area contributed by atoms with Crippen molar-refractivity contribution in [2.24, 2.45) is 0 Å². The molecule has 0 unspecified atom stereocenters. The first-order chi connectivity index (χ1) is 10.6. The van der Waals surface area contributed by atoms with Gasteiger partial charge in [0.05, 0.1) is 12.1 Å². The van der Waals surface area contributed by atoms with Crippen LogP contribution in [-0.2, 0) is 24.2 Å². The van der Waals surface area contributed by atoms with Gasteiger partial charge in [0, 0.05) is 18.4 Å². The number of aromatic nitrogens is 1. The van der Waals surface area contributed by atoms with Crippen LogP contribution in [0.2, 0.25) is 0 Å². The molecule has 0 fully saturated rings. The predicted molar refractivity (Wildman–Crippen MR) is 83.1 cm³/mol. The average molecular weight is 299 g/mol. The lowest BCUT2D eigenvalue weighted by molar-refractivity contribution is -0.115. The van der Waals surface area contributed by atoms with Crippen LogP contribution >= 0.6 is 0 Å². The molecule has 2 N–H and O–H groups in total. The molecule has 1 aliphatic rings. The van der Waals surface area contributed by atoms with Gasteiger partial charge in [0.2, 0.25) is 5.91 Å². The minimum atomic E-state index is -0.311. The van der Waals surface area contributed by atoms with Crippen LogP contribution in [0.15, 0.2) is 30.5 Å². The first kappa shape index (κ1) is 14.7. The topological polar surface area (TPSA) is 54.0 Å². The van der Waals surface area contributed by atoms with Gasteiger partial charge in [-0.05, 0) is 48.7 Å². The first-order valence-corrected chi connectivity index (χ1v) is 7.36. The summed E-state index contributed by atoms with van der Waals surface area (Å²) >= 11 is 0. The van der Waals surface area contributed by atoms with Gasteiger partial charge in [0.15, 0.2) is 0 Å². The van der Waals surface area contributed by atoms with Crippen molar-refractivity contribution >= 4 is 11.6 Å². The Kier molecular flexibility index (Phi) is 4.15. The summed E-state index contributed by atoms with van der Waals surface area (Å²) in [7, 11) is 0. The van der Waals surface area contributed by atoms with Gasteiger partial charge >= 0.3 is 0 Å². The van der Waals surface area contributed by atoms with Gasteiger partial charge in [-0.1, -0.05) is 12.1 Å². The Labute approximate surface area is 128 Å². The van der Waals surface area contributed by atoms with E-state index in [0.29, 0.717) is 18.5 Å². The quantitative estimate of drug-likeness (QED) is 0.915. The molecule has 5 heteroatoms. The second-order valence-electron chi connectivity index (χ2n) is 5.52. The smallest absolute Gasteiger partial charge is 0.228 e. The first-order valence-electron chi connectivity index (χ1n) is 7.36. The number of anilines is 1. The zero-order valence-corrected chi connectivity index (χ0v) is 12.4. The second-order valence-corrected chi connectivity index (χ2v) is 5.52. The van der Waals surface area contributed by atoms with Crippen LogP contribution in [0.1, 0.15) is 22.4 Å². The highest BCUT2D eigenvalue weighted by Gasteiger charge is 2.17. The summed E-state index contributed by atoms with van der Waals surface area (Å²) in [6, 6.07) is 7.21. The van der Waals surface area contributed by atoms with Crippen LogP contribution in [-0.4, -0.2) is 17.4 Å². The molecule has 0 aliphatic carbocycles. The number of pyridine rings is 1. The summed E-state index contributed by atoms with van der Waals surface area (Å²) in [4.78, 5) is 16.2. The fraction of sp³-hybridized carbons (Fsp3) is 0.294. The molecule has 22 heavy (non-hydrogen) atoms. The summed E-state index contributed by atoms with van der Waals surface area (Å²) in [6.07, 6.45) is 2.50. The van der Waals surface area contributed by atoms with Crippen LogP contribution in [0.5, 0.6) is 0 Å². The molecule has 1 aliphatic heterocycles. The molecule has 1 amide bonds. The largest absolute Gasteiger partial charge is 0.323 e. The molecule has 2 heterocycles. The van der Waals surface area contributed by atoms with Crippen molar-refractivity contribution in [1.29, 1.82) is 0 Å². The maximum atomic E-state index is 14.5. The van der Waals surface area contributed by atoms with Crippen molar-refractivity contribution in [3.05, 3.63) is 58.7 Å². The molecule has 0 bridgehead atoms. The molecule has 114 valence electrons. The van der Waals surface area contributed by atoms with Crippen molar-refractivity contribution in [2.45, 2.75) is 26.3 Å². The molecular weight excluding hydrogens is 281 g/mol. The van der Waals surface area contributed by atoms with E-state index >= 15 is 0 Å². The zero-order chi connectivity index (χ0) is 15.5. The summed E-state index contributed by atoms with van der Waals surface area (Å²) in [5, 5.41) is 5.87. The monoisotopic (exact) mass is 299 g/mol. The van der Waals surface area contributed by atoms with E-state index in [4.69, 9.17) is 0 Å². The number of carbonyl (C=O) groups excluding carboxylic acids is 1. The van der Waals surface area contributed by atoms with Crippen LogP contribution in [0, 0.1) is 12.7 Å². The molecule has 1 aromatic heterocycles. The molecular formula is C17H18FN3O. The average Bonchev–Trinajstić information content (AvgIpc) is 2.53. The SMILES string of the molecule is Cc1ccc(CC(=O)Nc2ccc3c(c2F)CCNC3)cn1. The molecule has 3 rings (SSSR count). The predicted octanol–water partition coefficient (Wildman–Crippen LogP) is 2.36. The summed E-state index contributed by atoms with van der Waals surface area (Å²) in [5.41, 5.74) is 3.63. The standard InChI is InChI=1S/C17H18FN3O/c1-11-2-3-12(9-20-11)8-16(22)21-15-5-4-13-10-19-7-6-14(13)17(15)18/h2-5,9,19H,6-8,10H2,1H3,(H,21,22). The number of benzene rings is 1. The van der Waals surface area contributed by atoms with Gasteiger partial charge < -0.3 is 10.6 Å². The van der Waals surface area contributed by atoms with Crippen LogP contribution < -0.4 is 10.6 Å². The van der Waals surface area contributed by atoms with E-state index in [-0.39, 0.29) is 23.8 Å². The maximum Gasteiger partial charge on any atom is 0.228 e. The summed E-state index contributed by atoms with van der Waals surface area (Å²) in [6.45, 7) is 3.33. The molecule has 0 radical (unpaired) electrons. The lowest BCUT2D eigenvalue weighted by atomic mass is 9.99. The van der Waals surface area contributed by atoms with E-state index in [1.807, 2.05) is 25.1 Å². The van der Waals surface area contributed by atoms with Gasteiger partial charge in [-0.25, -0.2) is 4.39 Å². The molecule has 2 aromatic rings. The number of fused-ring (bicyclic) bond motifs is 1. The van der Waals surface area contributed by atoms with E-state index in [2.05, 4.69) is 15.6 Å². The summed E-state index contributed by atoms with van der Waals surface area (Å²) < 4.78 is 14.5. The highest BCUT2D eigenvalue weighted by Crippen LogP contribution is 2.24. The number of hydrogen-bond acceptors (Lipinski definition) is 3. The molecule has 0 atom stereocenters. The Bertz CT molecular complexity index is 698. The van der Waals surface area contributed by atoms with Gasteiger partial charge in [-0.15, -0.1) is 0 Å². The van der Waals surface area contributed by atoms with E-state index in [1.165, 1.54) is 0 Å². The summed E-state index contributed by atoms with van der Waals surface area (Å²) in [5.74, 6) is -0.548. The Hall–Kier alpha value is -2.27. The van der Waals surface area contributed by atoms with E-state index < -0.39 is 0 Å². The fourth-order valence-electron chi connectivity index (χ4n) is 2.61. The number of nitrogens with one attached hydrogen (secondary N) is 2. The van der Waals surface area contributed by atoms with E-state index in [9.17, 15) is 9.18 Å². The van der Waals surface area contributed by atoms with E-state index in [0.717, 1.165) is 23.4 Å². The lowest BCUT2D eigenvalue weighted by Gasteiger charge is -2.19. The minimum absolute atomic E-state index is 0.186. The van der Waals surface area contributed by atoms with Crippen LogP contribution in [0.3, 0.4) is 0 Å². The minimum Gasteiger partial charge on any atom is -0.323 e. The third kappa shape index (κ3) is 3.14. The number of aryl methyl sites for hydroxylation is 1. The third-order valence-electron chi connectivity index (χ3n) is 3.82. The van der Waals surface area contributed by atoms with Gasteiger partial charge in [-0.2, -0.15) is 0 Å². The maximum absolute atomic E-state index is 14.5. The number of hydrogen-bond donors (Lipinski definition) is 2. The Morgan fingerprint density at radius 1 is 1.36 bits per heavy atom.